The zero-order chi connectivity index (χ0) is 21.4. The fourth-order valence-electron chi connectivity index (χ4n) is 2.62. The molecule has 27 heavy (non-hydrogen) atoms. The molecule has 1 aliphatic carbocycles. The van der Waals surface area contributed by atoms with E-state index in [1.807, 2.05) is 0 Å². The van der Waals surface area contributed by atoms with Gasteiger partial charge in [0.25, 0.3) is 0 Å². The minimum atomic E-state index is -3.98. The van der Waals surface area contributed by atoms with Gasteiger partial charge in [0, 0.05) is 17.3 Å². The van der Waals surface area contributed by atoms with Gasteiger partial charge in [-0.25, -0.2) is 4.79 Å². The van der Waals surface area contributed by atoms with Crippen molar-refractivity contribution in [3.05, 3.63) is 0 Å². The van der Waals surface area contributed by atoms with Crippen LogP contribution in [0.5, 0.6) is 0 Å². The van der Waals surface area contributed by atoms with Crippen molar-refractivity contribution in [1.29, 1.82) is 0 Å². The molecule has 6 nitrogen and oxygen atoms in total. The molecule has 158 valence electrons. The Labute approximate surface area is 163 Å². The predicted molar refractivity (Wildman–Crippen MR) is 98.5 cm³/mol. The van der Waals surface area contributed by atoms with Crippen LogP contribution in [0.15, 0.2) is 0 Å². The van der Waals surface area contributed by atoms with E-state index in [0.29, 0.717) is 0 Å². The van der Waals surface area contributed by atoms with E-state index >= 15 is 8.78 Å². The Morgan fingerprint density at radius 1 is 1.15 bits per heavy atom. The fraction of sp³-hybridized carbons (Fsp3) is 0.889. The number of nitrogens with one attached hydrogen (secondary N) is 1. The molecule has 1 aliphatic rings. The van der Waals surface area contributed by atoms with Crippen molar-refractivity contribution in [2.24, 2.45) is 11.8 Å². The number of carbonyl (C=O) groups is 2. The summed E-state index contributed by atoms with van der Waals surface area (Å²) in [4.78, 5) is 24.2. The number of carbonyl (C=O) groups excluding carboxylic acids is 2. The summed E-state index contributed by atoms with van der Waals surface area (Å²) in [6, 6.07) is 0. The highest BCUT2D eigenvalue weighted by Gasteiger charge is 2.71. The molecule has 0 aromatic heterocycles. The minimum absolute atomic E-state index is 0.106. The molecule has 9 heteroatoms. The lowest BCUT2D eigenvalue weighted by Crippen LogP contribution is -2.65. The number of alkyl halides is 2. The summed E-state index contributed by atoms with van der Waals surface area (Å²) < 4.78 is 54.0. The Bertz CT molecular complexity index is 573. The summed E-state index contributed by atoms with van der Waals surface area (Å²) >= 11 is -1.89. The van der Waals surface area contributed by atoms with E-state index in [9.17, 15) is 14.1 Å². The topological polar surface area (TPSA) is 87.7 Å². The van der Waals surface area contributed by atoms with Gasteiger partial charge < -0.3 is 14.0 Å². The highest BCUT2D eigenvalue weighted by Crippen LogP contribution is 2.53. The third-order valence-electron chi connectivity index (χ3n) is 4.29. The smallest absolute Gasteiger partial charge is 0.379 e. The van der Waals surface area contributed by atoms with E-state index in [1.165, 1.54) is 6.92 Å². The van der Waals surface area contributed by atoms with Gasteiger partial charge in [0.1, 0.15) is 15.9 Å². The van der Waals surface area contributed by atoms with Crippen molar-refractivity contribution in [2.45, 2.75) is 83.6 Å². The average molecular weight is 412 g/mol. The van der Waals surface area contributed by atoms with Crippen molar-refractivity contribution in [3.63, 3.8) is 0 Å². The third-order valence-corrected chi connectivity index (χ3v) is 6.01. The summed E-state index contributed by atoms with van der Waals surface area (Å²) in [5, 5.41) is 0. The zero-order valence-electron chi connectivity index (χ0n) is 17.3. The maximum Gasteiger partial charge on any atom is 0.379 e. The van der Waals surface area contributed by atoms with E-state index in [2.05, 4.69) is 9.46 Å². The molecule has 0 aromatic rings. The maximum atomic E-state index is 15.0. The standard InChI is InChI=1S/C18H31F2NO5S/c1-9-25-14(23)18(19,20)17(8,21-27(24)16(5,6)7)12-10-11(12)13(22)26-15(2,3)4/h11-12,21H,9-10H2,1-8H3/t11-,12-,17+,27?/m0/s1. The summed E-state index contributed by atoms with van der Waals surface area (Å²) in [6.45, 7) is 12.2. The van der Waals surface area contributed by atoms with Crippen molar-refractivity contribution >= 4 is 23.3 Å². The Kier molecular flexibility index (Phi) is 6.99. The molecule has 1 saturated carbocycles. The van der Waals surface area contributed by atoms with Gasteiger partial charge >= 0.3 is 17.9 Å². The Morgan fingerprint density at radius 2 is 1.67 bits per heavy atom. The monoisotopic (exact) mass is 411 g/mol. The van der Waals surface area contributed by atoms with Gasteiger partial charge in [-0.15, -0.1) is 4.72 Å². The Hall–Kier alpha value is -0.930. The van der Waals surface area contributed by atoms with Gasteiger partial charge in [0.05, 0.1) is 12.5 Å². The van der Waals surface area contributed by atoms with E-state index in [4.69, 9.17) is 4.74 Å². The molecule has 0 spiro atoms. The van der Waals surface area contributed by atoms with Gasteiger partial charge in [-0.3, -0.25) is 4.79 Å². The summed E-state index contributed by atoms with van der Waals surface area (Å²) in [5.74, 6) is -8.02. The maximum absolute atomic E-state index is 15.0. The molecule has 0 bridgehead atoms. The number of rotatable bonds is 7. The molecule has 1 fully saturated rings. The van der Waals surface area contributed by atoms with Crippen LogP contribution >= 0.6 is 0 Å². The molecule has 0 saturated heterocycles. The van der Waals surface area contributed by atoms with Crippen molar-refractivity contribution in [3.8, 4) is 0 Å². The number of hydrogen-bond donors (Lipinski definition) is 1. The first-order valence-corrected chi connectivity index (χ1v) is 10.1. The number of halogens is 2. The lowest BCUT2D eigenvalue weighted by Gasteiger charge is -2.39. The van der Waals surface area contributed by atoms with E-state index in [-0.39, 0.29) is 13.0 Å². The van der Waals surface area contributed by atoms with E-state index in [1.54, 1.807) is 41.5 Å². The second-order valence-corrected chi connectivity index (χ2v) is 10.9. The molecule has 1 rings (SSSR count). The molecule has 0 radical (unpaired) electrons. The first kappa shape index (κ1) is 24.1. The lowest BCUT2D eigenvalue weighted by molar-refractivity contribution is -0.185. The van der Waals surface area contributed by atoms with Gasteiger partial charge in [-0.05, 0) is 61.8 Å². The van der Waals surface area contributed by atoms with Gasteiger partial charge in [0.2, 0.25) is 0 Å². The van der Waals surface area contributed by atoms with Crippen LogP contribution in [-0.2, 0) is 30.4 Å². The number of esters is 2. The predicted octanol–water partition coefficient (Wildman–Crippen LogP) is 2.97. The SMILES string of the molecule is CCOC(=O)C(F)(F)[C@](C)(N[S+]([O-])C(C)(C)C)[C@H]1C[C@@H]1C(=O)OC(C)(C)C. The van der Waals surface area contributed by atoms with E-state index in [0.717, 1.165) is 6.92 Å². The average Bonchev–Trinajstić information content (AvgIpc) is 3.25. The highest BCUT2D eigenvalue weighted by atomic mass is 32.2. The fourth-order valence-corrected chi connectivity index (χ4v) is 3.59. The first-order valence-electron chi connectivity index (χ1n) is 8.95. The molecule has 1 N–H and O–H groups in total. The van der Waals surface area contributed by atoms with Crippen LogP contribution in [0.1, 0.15) is 61.8 Å². The largest absolute Gasteiger partial charge is 0.598 e. The molecular formula is C18H31F2NO5S. The first-order chi connectivity index (χ1) is 12.0. The van der Waals surface area contributed by atoms with Crippen LogP contribution in [0.4, 0.5) is 8.78 Å². The van der Waals surface area contributed by atoms with Crippen LogP contribution in [0, 0.1) is 11.8 Å². The van der Waals surface area contributed by atoms with Crippen molar-refractivity contribution < 1.29 is 32.4 Å². The lowest BCUT2D eigenvalue weighted by atomic mass is 9.87. The van der Waals surface area contributed by atoms with Crippen LogP contribution < -0.4 is 4.72 Å². The molecule has 0 heterocycles. The van der Waals surface area contributed by atoms with Crippen LogP contribution in [0.3, 0.4) is 0 Å². The molecule has 1 unspecified atom stereocenters. The summed E-state index contributed by atoms with van der Waals surface area (Å²) in [5.41, 5.74) is -2.98. The molecule has 4 atom stereocenters. The zero-order valence-corrected chi connectivity index (χ0v) is 18.1. The second kappa shape index (κ2) is 7.83. The summed E-state index contributed by atoms with van der Waals surface area (Å²) in [6.07, 6.45) is 0.106. The second-order valence-electron chi connectivity index (χ2n) is 8.96. The van der Waals surface area contributed by atoms with Crippen LogP contribution in [0.25, 0.3) is 0 Å². The van der Waals surface area contributed by atoms with Gasteiger partial charge in [0.15, 0.2) is 0 Å². The normalized spacial score (nSPS) is 24.0. The van der Waals surface area contributed by atoms with Crippen molar-refractivity contribution in [2.75, 3.05) is 6.61 Å². The summed E-state index contributed by atoms with van der Waals surface area (Å²) in [7, 11) is 0. The molecule has 0 amide bonds. The highest BCUT2D eigenvalue weighted by molar-refractivity contribution is 7.90. The Morgan fingerprint density at radius 3 is 2.07 bits per heavy atom. The third kappa shape index (κ3) is 5.54. The molecule has 0 aliphatic heterocycles. The Balaban J connectivity index is 3.17. The van der Waals surface area contributed by atoms with Crippen molar-refractivity contribution in [1.82, 2.24) is 4.72 Å². The van der Waals surface area contributed by atoms with Crippen LogP contribution in [-0.4, -0.2) is 44.9 Å². The quantitative estimate of drug-likeness (QED) is 0.512. The molecular weight excluding hydrogens is 380 g/mol. The number of ether oxygens (including phenoxy) is 2. The number of hydrogen-bond acceptors (Lipinski definition) is 6. The van der Waals surface area contributed by atoms with Crippen LogP contribution in [0.2, 0.25) is 0 Å². The van der Waals surface area contributed by atoms with E-state index < -0.39 is 56.9 Å². The minimum Gasteiger partial charge on any atom is -0.598 e. The van der Waals surface area contributed by atoms with Gasteiger partial charge in [-0.2, -0.15) is 8.78 Å². The molecule has 0 aromatic carbocycles. The van der Waals surface area contributed by atoms with Gasteiger partial charge in [-0.1, -0.05) is 0 Å².